The summed E-state index contributed by atoms with van der Waals surface area (Å²) in [6.07, 6.45) is -1.08. The maximum absolute atomic E-state index is 13.1. The van der Waals surface area contributed by atoms with Crippen molar-refractivity contribution in [3.05, 3.63) is 64.9 Å². The number of ether oxygens (including phenoxy) is 1. The fourth-order valence-corrected chi connectivity index (χ4v) is 2.18. The van der Waals surface area contributed by atoms with Crippen molar-refractivity contribution in [2.45, 2.75) is 13.0 Å². The zero-order chi connectivity index (χ0) is 19.1. The van der Waals surface area contributed by atoms with Gasteiger partial charge in [-0.15, -0.1) is 0 Å². The molecule has 0 aliphatic carbocycles. The topological polar surface area (TPSA) is 84.5 Å². The molecular weight excluding hydrogens is 363 g/mol. The molecule has 0 spiro atoms. The fourth-order valence-electron chi connectivity index (χ4n) is 1.99. The number of amides is 2. The van der Waals surface area contributed by atoms with E-state index in [9.17, 15) is 18.8 Å². The van der Waals surface area contributed by atoms with Gasteiger partial charge in [0, 0.05) is 16.3 Å². The summed E-state index contributed by atoms with van der Waals surface area (Å²) in [4.78, 5) is 35.6. The van der Waals surface area contributed by atoms with Crippen LogP contribution in [0.15, 0.2) is 48.5 Å². The molecule has 0 saturated carbocycles. The summed E-state index contributed by atoms with van der Waals surface area (Å²) in [6.45, 7) is 0.941. The second-order valence-corrected chi connectivity index (χ2v) is 5.76. The zero-order valence-corrected chi connectivity index (χ0v) is 14.5. The van der Waals surface area contributed by atoms with E-state index in [1.165, 1.54) is 25.1 Å². The molecule has 6 nitrogen and oxygen atoms in total. The van der Waals surface area contributed by atoms with Crippen LogP contribution in [0.4, 0.5) is 10.1 Å². The molecule has 0 bridgehead atoms. The summed E-state index contributed by atoms with van der Waals surface area (Å²) < 4.78 is 18.0. The number of nitrogens with one attached hydrogen (secondary N) is 2. The Labute approximate surface area is 154 Å². The molecule has 136 valence electrons. The van der Waals surface area contributed by atoms with Crippen LogP contribution in [0.2, 0.25) is 5.02 Å². The van der Waals surface area contributed by atoms with Crippen LogP contribution >= 0.6 is 11.6 Å². The first-order valence-electron chi connectivity index (χ1n) is 7.65. The van der Waals surface area contributed by atoms with E-state index in [1.54, 1.807) is 24.3 Å². The van der Waals surface area contributed by atoms with Gasteiger partial charge in [-0.25, -0.2) is 4.39 Å². The lowest BCUT2D eigenvalue weighted by atomic mass is 10.2. The van der Waals surface area contributed by atoms with Crippen LogP contribution in [0.3, 0.4) is 0 Å². The summed E-state index contributed by atoms with van der Waals surface area (Å²) in [5.74, 6) is -2.54. The highest BCUT2D eigenvalue weighted by molar-refractivity contribution is 6.30. The summed E-state index contributed by atoms with van der Waals surface area (Å²) in [5, 5.41) is 5.30. The van der Waals surface area contributed by atoms with Crippen LogP contribution in [0.5, 0.6) is 0 Å². The number of carbonyl (C=O) groups is 3. The van der Waals surface area contributed by atoms with Gasteiger partial charge in [-0.05, 0) is 43.3 Å². The molecule has 0 aliphatic rings. The van der Waals surface area contributed by atoms with E-state index in [4.69, 9.17) is 16.3 Å². The van der Waals surface area contributed by atoms with Gasteiger partial charge in [0.15, 0.2) is 6.10 Å². The summed E-state index contributed by atoms with van der Waals surface area (Å²) in [5.41, 5.74) is 0.536. The van der Waals surface area contributed by atoms with Crippen molar-refractivity contribution in [3.8, 4) is 0 Å². The smallest absolute Gasteiger partial charge is 0.326 e. The fraction of sp³-hybridized carbons (Fsp3) is 0.167. The monoisotopic (exact) mass is 378 g/mol. The molecule has 8 heteroatoms. The molecule has 2 rings (SSSR count). The third kappa shape index (κ3) is 5.86. The Kier molecular flexibility index (Phi) is 6.68. The highest BCUT2D eigenvalue weighted by atomic mass is 35.5. The van der Waals surface area contributed by atoms with E-state index in [-0.39, 0.29) is 5.56 Å². The number of hydrogen-bond acceptors (Lipinski definition) is 4. The minimum Gasteiger partial charge on any atom is -0.451 e. The molecule has 0 saturated heterocycles. The van der Waals surface area contributed by atoms with Gasteiger partial charge >= 0.3 is 5.97 Å². The van der Waals surface area contributed by atoms with Gasteiger partial charge in [0.2, 0.25) is 0 Å². The minimum absolute atomic E-state index is 0.0737. The van der Waals surface area contributed by atoms with Crippen molar-refractivity contribution in [1.29, 1.82) is 0 Å². The average molecular weight is 379 g/mol. The van der Waals surface area contributed by atoms with Gasteiger partial charge in [0.05, 0.1) is 0 Å². The Morgan fingerprint density at radius 1 is 1.15 bits per heavy atom. The maximum atomic E-state index is 13.1. The largest absolute Gasteiger partial charge is 0.451 e. The number of esters is 1. The minimum atomic E-state index is -1.08. The van der Waals surface area contributed by atoms with E-state index >= 15 is 0 Å². The van der Waals surface area contributed by atoms with Gasteiger partial charge in [0.25, 0.3) is 11.8 Å². The molecule has 2 N–H and O–H groups in total. The molecule has 2 amide bonds. The van der Waals surface area contributed by atoms with Crippen molar-refractivity contribution in [2.24, 2.45) is 0 Å². The molecule has 0 unspecified atom stereocenters. The molecule has 0 aromatic heterocycles. The predicted octanol–water partition coefficient (Wildman–Crippen LogP) is 2.78. The molecule has 0 heterocycles. The van der Waals surface area contributed by atoms with Crippen LogP contribution in [0.25, 0.3) is 0 Å². The van der Waals surface area contributed by atoms with Gasteiger partial charge < -0.3 is 15.4 Å². The first-order chi connectivity index (χ1) is 12.3. The molecular formula is C18H16ClFN2O4. The highest BCUT2D eigenvalue weighted by Crippen LogP contribution is 2.15. The van der Waals surface area contributed by atoms with Crippen LogP contribution in [0.1, 0.15) is 17.3 Å². The summed E-state index contributed by atoms with van der Waals surface area (Å²) >= 11 is 5.82. The zero-order valence-electron chi connectivity index (χ0n) is 13.8. The molecule has 2 aromatic carbocycles. The Morgan fingerprint density at radius 2 is 1.88 bits per heavy atom. The van der Waals surface area contributed by atoms with Gasteiger partial charge in [-0.1, -0.05) is 23.7 Å². The van der Waals surface area contributed by atoms with Crippen LogP contribution < -0.4 is 10.6 Å². The lowest BCUT2D eigenvalue weighted by Gasteiger charge is -2.14. The number of benzene rings is 2. The van der Waals surface area contributed by atoms with Crippen molar-refractivity contribution in [1.82, 2.24) is 5.32 Å². The average Bonchev–Trinajstić information content (AvgIpc) is 2.59. The lowest BCUT2D eigenvalue weighted by molar-refractivity contribution is -0.152. The van der Waals surface area contributed by atoms with Crippen molar-refractivity contribution >= 4 is 35.1 Å². The lowest BCUT2D eigenvalue weighted by Crippen LogP contribution is -2.35. The van der Waals surface area contributed by atoms with Crippen molar-refractivity contribution < 1.29 is 23.5 Å². The molecule has 0 fully saturated rings. The number of hydrogen-bond donors (Lipinski definition) is 2. The van der Waals surface area contributed by atoms with Crippen LogP contribution in [0, 0.1) is 5.82 Å². The Hall–Kier alpha value is -2.93. The number of anilines is 1. The summed E-state index contributed by atoms with van der Waals surface area (Å²) in [7, 11) is 0. The Bertz CT molecular complexity index is 828. The second kappa shape index (κ2) is 8.96. The first-order valence-corrected chi connectivity index (χ1v) is 8.02. The van der Waals surface area contributed by atoms with E-state index in [0.29, 0.717) is 10.7 Å². The summed E-state index contributed by atoms with van der Waals surface area (Å²) in [6, 6.07) is 11.5. The second-order valence-electron chi connectivity index (χ2n) is 5.32. The Balaban J connectivity index is 1.81. The number of carbonyl (C=O) groups excluding carboxylic acids is 3. The van der Waals surface area contributed by atoms with E-state index in [1.807, 2.05) is 0 Å². The van der Waals surface area contributed by atoms with Crippen molar-refractivity contribution in [2.75, 3.05) is 11.9 Å². The van der Waals surface area contributed by atoms with E-state index in [2.05, 4.69) is 10.6 Å². The molecule has 2 aromatic rings. The van der Waals surface area contributed by atoms with Gasteiger partial charge in [0.1, 0.15) is 12.4 Å². The maximum Gasteiger partial charge on any atom is 0.326 e. The quantitative estimate of drug-likeness (QED) is 0.757. The van der Waals surface area contributed by atoms with E-state index < -0.39 is 36.2 Å². The normalized spacial score (nSPS) is 11.3. The van der Waals surface area contributed by atoms with Crippen molar-refractivity contribution in [3.63, 3.8) is 0 Å². The third-order valence-electron chi connectivity index (χ3n) is 3.25. The van der Waals surface area contributed by atoms with E-state index in [0.717, 1.165) is 6.07 Å². The Morgan fingerprint density at radius 3 is 2.58 bits per heavy atom. The highest BCUT2D eigenvalue weighted by Gasteiger charge is 2.18. The number of rotatable bonds is 6. The van der Waals surface area contributed by atoms with Crippen LogP contribution in [-0.2, 0) is 14.3 Å². The molecule has 26 heavy (non-hydrogen) atoms. The first kappa shape index (κ1) is 19.4. The number of halogens is 2. The molecule has 0 aliphatic heterocycles. The standard InChI is InChI=1S/C18H16ClFN2O4/c1-11(17(24)22-15-7-3-5-13(19)9-15)26-16(23)10-21-18(25)12-4-2-6-14(20)8-12/h2-9,11H,10H2,1H3,(H,21,25)(H,22,24)/t11-/m1/s1. The van der Waals surface area contributed by atoms with Gasteiger partial charge in [-0.2, -0.15) is 0 Å². The molecule has 1 atom stereocenters. The SMILES string of the molecule is C[C@@H](OC(=O)CNC(=O)c1cccc(F)c1)C(=O)Nc1cccc(Cl)c1. The third-order valence-corrected chi connectivity index (χ3v) is 3.48. The predicted molar refractivity (Wildman–Crippen MR) is 94.4 cm³/mol. The van der Waals surface area contributed by atoms with Gasteiger partial charge in [-0.3, -0.25) is 14.4 Å². The molecule has 0 radical (unpaired) electrons. The van der Waals surface area contributed by atoms with Crippen LogP contribution in [-0.4, -0.2) is 30.4 Å².